The summed E-state index contributed by atoms with van der Waals surface area (Å²) in [5, 5.41) is 17.0. The third-order valence-corrected chi connectivity index (χ3v) is 1.62. The monoisotopic (exact) mass is 189 g/mol. The second-order valence-corrected chi connectivity index (χ2v) is 2.97. The van der Waals surface area contributed by atoms with Gasteiger partial charge in [-0.1, -0.05) is 0 Å². The third kappa shape index (κ3) is 3.89. The Kier molecular flexibility index (Phi) is 5.06. The fraction of sp³-hybridized carbons (Fsp3) is 0.750. The predicted octanol–water partition coefficient (Wildman–Crippen LogP) is -0.310. The van der Waals surface area contributed by atoms with Crippen LogP contribution < -0.4 is 0 Å². The number of nitrogens with zero attached hydrogens (tertiary/aromatic N) is 1. The van der Waals surface area contributed by atoms with Crippen molar-refractivity contribution in [1.29, 1.82) is 0 Å². The predicted molar refractivity (Wildman–Crippen MR) is 46.2 cm³/mol. The molecule has 0 saturated carbocycles. The van der Waals surface area contributed by atoms with Crippen molar-refractivity contribution >= 4 is 11.9 Å². The van der Waals surface area contributed by atoms with E-state index < -0.39 is 11.9 Å². The lowest BCUT2D eigenvalue weighted by Gasteiger charge is -2.24. The van der Waals surface area contributed by atoms with Gasteiger partial charge in [0.05, 0.1) is 0 Å². The van der Waals surface area contributed by atoms with E-state index >= 15 is 0 Å². The highest BCUT2D eigenvalue weighted by molar-refractivity contribution is 6.31. The van der Waals surface area contributed by atoms with Crippen LogP contribution in [0.15, 0.2) is 0 Å². The van der Waals surface area contributed by atoms with Crippen LogP contribution in [0.1, 0.15) is 20.3 Å². The zero-order valence-corrected chi connectivity index (χ0v) is 7.86. The van der Waals surface area contributed by atoms with E-state index in [0.29, 0.717) is 6.42 Å². The maximum absolute atomic E-state index is 11.0. The Bertz CT molecular complexity index is 191. The molecule has 0 bridgehead atoms. The number of amides is 1. The molecule has 1 amide bonds. The highest BCUT2D eigenvalue weighted by atomic mass is 16.4. The van der Waals surface area contributed by atoms with Crippen LogP contribution in [0.4, 0.5) is 0 Å². The van der Waals surface area contributed by atoms with Gasteiger partial charge in [0, 0.05) is 19.2 Å². The smallest absolute Gasteiger partial charge is 0.394 e. The highest BCUT2D eigenvalue weighted by Gasteiger charge is 2.22. The summed E-state index contributed by atoms with van der Waals surface area (Å²) >= 11 is 0. The molecular formula is C8H15NO4. The summed E-state index contributed by atoms with van der Waals surface area (Å²) in [6, 6.07) is -0.157. The van der Waals surface area contributed by atoms with Crippen molar-refractivity contribution in [3.05, 3.63) is 0 Å². The van der Waals surface area contributed by atoms with Gasteiger partial charge in [-0.3, -0.25) is 4.79 Å². The second-order valence-electron chi connectivity index (χ2n) is 2.97. The molecule has 2 N–H and O–H groups in total. The first-order valence-electron chi connectivity index (χ1n) is 4.15. The van der Waals surface area contributed by atoms with Crippen LogP contribution in [0.3, 0.4) is 0 Å². The van der Waals surface area contributed by atoms with E-state index in [2.05, 4.69) is 0 Å². The Morgan fingerprint density at radius 2 is 1.92 bits per heavy atom. The molecule has 0 spiro atoms. The largest absolute Gasteiger partial charge is 0.474 e. The Hall–Kier alpha value is -1.10. The van der Waals surface area contributed by atoms with E-state index in [1.165, 1.54) is 4.90 Å². The molecule has 0 radical (unpaired) electrons. The van der Waals surface area contributed by atoms with Gasteiger partial charge in [-0.05, 0) is 20.3 Å². The molecule has 13 heavy (non-hydrogen) atoms. The molecule has 0 atom stereocenters. The zero-order chi connectivity index (χ0) is 10.4. The number of carbonyl (C=O) groups excluding carboxylic acids is 1. The van der Waals surface area contributed by atoms with E-state index in [1.807, 2.05) is 0 Å². The van der Waals surface area contributed by atoms with E-state index in [1.54, 1.807) is 13.8 Å². The molecule has 0 saturated heterocycles. The Labute approximate surface area is 77.0 Å². The number of aliphatic hydroxyl groups is 1. The molecule has 5 nitrogen and oxygen atoms in total. The average Bonchev–Trinajstić information content (AvgIpc) is 2.04. The molecule has 0 rings (SSSR count). The number of rotatable bonds is 4. The first-order chi connectivity index (χ1) is 6.00. The Balaban J connectivity index is 4.24. The maximum Gasteiger partial charge on any atom is 0.394 e. The van der Waals surface area contributed by atoms with Gasteiger partial charge >= 0.3 is 11.9 Å². The number of aliphatic carboxylic acids is 1. The fourth-order valence-electron chi connectivity index (χ4n) is 0.958. The van der Waals surface area contributed by atoms with E-state index in [9.17, 15) is 9.59 Å². The molecule has 0 aromatic carbocycles. The number of hydrogen-bond acceptors (Lipinski definition) is 3. The van der Waals surface area contributed by atoms with Crippen molar-refractivity contribution in [3.8, 4) is 0 Å². The summed E-state index contributed by atoms with van der Waals surface area (Å²) in [6.45, 7) is 3.70. The second kappa shape index (κ2) is 5.53. The Morgan fingerprint density at radius 1 is 1.38 bits per heavy atom. The van der Waals surface area contributed by atoms with Gasteiger partial charge < -0.3 is 15.1 Å². The zero-order valence-electron chi connectivity index (χ0n) is 7.86. The SMILES string of the molecule is CC(C)N(CCCO)C(=O)C(=O)O. The lowest BCUT2D eigenvalue weighted by atomic mass is 10.3. The molecule has 0 fully saturated rings. The van der Waals surface area contributed by atoms with Gasteiger partial charge in [-0.15, -0.1) is 0 Å². The van der Waals surface area contributed by atoms with Crippen LogP contribution in [-0.2, 0) is 9.59 Å². The van der Waals surface area contributed by atoms with E-state index in [-0.39, 0.29) is 19.2 Å². The number of carboxylic acids is 1. The van der Waals surface area contributed by atoms with Crippen LogP contribution in [0.2, 0.25) is 0 Å². The first kappa shape index (κ1) is 11.9. The number of hydrogen-bond donors (Lipinski definition) is 2. The normalized spacial score (nSPS) is 10.2. The summed E-state index contributed by atoms with van der Waals surface area (Å²) in [4.78, 5) is 22.6. The highest BCUT2D eigenvalue weighted by Crippen LogP contribution is 2.00. The molecule has 0 aromatic rings. The molecule has 0 aromatic heterocycles. The number of carboxylic acid groups (broad SMARTS) is 1. The molecule has 5 heteroatoms. The summed E-state index contributed by atoms with van der Waals surface area (Å²) < 4.78 is 0. The summed E-state index contributed by atoms with van der Waals surface area (Å²) in [5.74, 6) is -2.37. The topological polar surface area (TPSA) is 77.8 Å². The molecule has 0 heterocycles. The minimum Gasteiger partial charge on any atom is -0.474 e. The fourth-order valence-corrected chi connectivity index (χ4v) is 0.958. The van der Waals surface area contributed by atoms with Gasteiger partial charge in [-0.2, -0.15) is 0 Å². The molecule has 0 aliphatic rings. The van der Waals surface area contributed by atoms with Crippen molar-refractivity contribution in [2.24, 2.45) is 0 Å². The van der Waals surface area contributed by atoms with E-state index in [4.69, 9.17) is 10.2 Å². The van der Waals surface area contributed by atoms with Gasteiger partial charge in [-0.25, -0.2) is 4.79 Å². The summed E-state index contributed by atoms with van der Waals surface area (Å²) in [5.41, 5.74) is 0. The Morgan fingerprint density at radius 3 is 2.23 bits per heavy atom. The maximum atomic E-state index is 11.0. The lowest BCUT2D eigenvalue weighted by molar-refractivity contribution is -0.157. The summed E-state index contributed by atoms with van der Waals surface area (Å²) in [6.07, 6.45) is 0.400. The quantitative estimate of drug-likeness (QED) is 0.595. The van der Waals surface area contributed by atoms with E-state index in [0.717, 1.165) is 0 Å². The van der Waals surface area contributed by atoms with Crippen molar-refractivity contribution in [2.45, 2.75) is 26.3 Å². The molecule has 0 aliphatic carbocycles. The van der Waals surface area contributed by atoms with Crippen LogP contribution in [0.25, 0.3) is 0 Å². The third-order valence-electron chi connectivity index (χ3n) is 1.62. The van der Waals surface area contributed by atoms with Crippen LogP contribution >= 0.6 is 0 Å². The molecular weight excluding hydrogens is 174 g/mol. The van der Waals surface area contributed by atoms with Crippen molar-refractivity contribution < 1.29 is 19.8 Å². The first-order valence-corrected chi connectivity index (χ1v) is 4.15. The molecule has 0 unspecified atom stereocenters. The van der Waals surface area contributed by atoms with Gasteiger partial charge in [0.1, 0.15) is 0 Å². The van der Waals surface area contributed by atoms with Gasteiger partial charge in [0.2, 0.25) is 0 Å². The minimum absolute atomic E-state index is 0.0455. The molecule has 0 aliphatic heterocycles. The van der Waals surface area contributed by atoms with Gasteiger partial charge in [0.15, 0.2) is 0 Å². The number of aliphatic hydroxyl groups excluding tert-OH is 1. The average molecular weight is 189 g/mol. The van der Waals surface area contributed by atoms with Crippen molar-refractivity contribution in [1.82, 2.24) is 4.90 Å². The van der Waals surface area contributed by atoms with Crippen LogP contribution in [0.5, 0.6) is 0 Å². The number of carbonyl (C=O) groups is 2. The van der Waals surface area contributed by atoms with Crippen molar-refractivity contribution in [2.75, 3.05) is 13.2 Å². The lowest BCUT2D eigenvalue weighted by Crippen LogP contribution is -2.42. The van der Waals surface area contributed by atoms with Crippen LogP contribution in [-0.4, -0.2) is 46.2 Å². The van der Waals surface area contributed by atoms with Crippen molar-refractivity contribution in [3.63, 3.8) is 0 Å². The standard InChI is InChI=1S/C8H15NO4/c1-6(2)9(4-3-5-10)7(11)8(12)13/h6,10H,3-5H2,1-2H3,(H,12,13). The summed E-state index contributed by atoms with van der Waals surface area (Å²) in [7, 11) is 0. The van der Waals surface area contributed by atoms with Crippen LogP contribution in [0, 0.1) is 0 Å². The minimum atomic E-state index is -1.45. The molecule has 76 valence electrons. The van der Waals surface area contributed by atoms with Gasteiger partial charge in [0.25, 0.3) is 0 Å².